The number of carbonyl (C=O) groups excluding carboxylic acids is 3. The number of hydrogen-bond acceptors (Lipinski definition) is 4. The maximum Gasteiger partial charge on any atom is 0.262 e. The van der Waals surface area contributed by atoms with Gasteiger partial charge in [0.1, 0.15) is 5.75 Å². The van der Waals surface area contributed by atoms with Gasteiger partial charge in [-0.3, -0.25) is 14.4 Å². The van der Waals surface area contributed by atoms with Crippen LogP contribution in [-0.2, 0) is 27.3 Å². The van der Waals surface area contributed by atoms with Crippen LogP contribution in [0.1, 0.15) is 24.5 Å². The Balaban J connectivity index is 1.26. The minimum absolute atomic E-state index is 0.0895. The third kappa shape index (κ3) is 6.47. The zero-order valence-electron chi connectivity index (χ0n) is 19.7. The molecule has 1 saturated heterocycles. The lowest BCUT2D eigenvalue weighted by atomic mass is 10.1. The van der Waals surface area contributed by atoms with Gasteiger partial charge in [0, 0.05) is 30.9 Å². The lowest BCUT2D eigenvalue weighted by Crippen LogP contribution is -2.32. The highest BCUT2D eigenvalue weighted by atomic mass is 16.5. The molecule has 1 atom stereocenters. The topological polar surface area (TPSA) is 87.7 Å². The summed E-state index contributed by atoms with van der Waals surface area (Å²) >= 11 is 0. The first-order valence-corrected chi connectivity index (χ1v) is 11.8. The molecule has 180 valence electrons. The summed E-state index contributed by atoms with van der Waals surface area (Å²) in [7, 11) is 0. The van der Waals surface area contributed by atoms with Crippen molar-refractivity contribution in [3.05, 3.63) is 90.0 Å². The minimum Gasteiger partial charge on any atom is -0.484 e. The molecule has 0 bridgehead atoms. The van der Waals surface area contributed by atoms with E-state index in [-0.39, 0.29) is 30.7 Å². The Morgan fingerprint density at radius 2 is 1.63 bits per heavy atom. The first kappa shape index (κ1) is 24.0. The van der Waals surface area contributed by atoms with Crippen molar-refractivity contribution in [3.8, 4) is 5.75 Å². The summed E-state index contributed by atoms with van der Waals surface area (Å²) in [6, 6.07) is 24.3. The molecule has 3 amide bonds. The molecule has 1 aliphatic rings. The fraction of sp³-hybridized carbons (Fsp3) is 0.250. The fourth-order valence-corrected chi connectivity index (χ4v) is 3.95. The van der Waals surface area contributed by atoms with E-state index in [1.807, 2.05) is 30.3 Å². The van der Waals surface area contributed by atoms with Gasteiger partial charge in [-0.25, -0.2) is 0 Å². The van der Waals surface area contributed by atoms with Gasteiger partial charge in [0.15, 0.2) is 6.61 Å². The number of amides is 3. The number of para-hydroxylation sites is 1. The third-order valence-corrected chi connectivity index (χ3v) is 5.97. The summed E-state index contributed by atoms with van der Waals surface area (Å²) in [6.07, 6.45) is 1.15. The van der Waals surface area contributed by atoms with Crippen molar-refractivity contribution < 1.29 is 19.1 Å². The van der Waals surface area contributed by atoms with Crippen molar-refractivity contribution >= 4 is 29.1 Å². The van der Waals surface area contributed by atoms with Crippen LogP contribution in [0.5, 0.6) is 5.75 Å². The summed E-state index contributed by atoms with van der Waals surface area (Å²) in [5.41, 5.74) is 3.69. The van der Waals surface area contributed by atoms with Gasteiger partial charge in [-0.2, -0.15) is 0 Å². The molecule has 2 N–H and O–H groups in total. The monoisotopic (exact) mass is 471 g/mol. The minimum atomic E-state index is -0.393. The molecule has 3 aromatic carbocycles. The van der Waals surface area contributed by atoms with E-state index in [1.165, 1.54) is 5.56 Å². The van der Waals surface area contributed by atoms with Crippen molar-refractivity contribution in [1.82, 2.24) is 5.32 Å². The van der Waals surface area contributed by atoms with Crippen LogP contribution in [0.3, 0.4) is 0 Å². The Bertz CT molecular complexity index is 1160. The summed E-state index contributed by atoms with van der Waals surface area (Å²) in [5, 5.41) is 5.71. The smallest absolute Gasteiger partial charge is 0.262 e. The zero-order chi connectivity index (χ0) is 24.6. The van der Waals surface area contributed by atoms with E-state index in [9.17, 15) is 14.4 Å². The summed E-state index contributed by atoms with van der Waals surface area (Å²) in [4.78, 5) is 38.9. The maximum atomic E-state index is 12.7. The van der Waals surface area contributed by atoms with Crippen molar-refractivity contribution in [2.75, 3.05) is 23.4 Å². The lowest BCUT2D eigenvalue weighted by Gasteiger charge is -2.17. The van der Waals surface area contributed by atoms with Crippen LogP contribution in [0.4, 0.5) is 11.4 Å². The van der Waals surface area contributed by atoms with Gasteiger partial charge in [-0.05, 0) is 53.9 Å². The Labute approximate surface area is 205 Å². The molecule has 3 aromatic rings. The highest BCUT2D eigenvalue weighted by Crippen LogP contribution is 2.27. The maximum absolute atomic E-state index is 12.7. The van der Waals surface area contributed by atoms with Crippen LogP contribution >= 0.6 is 0 Å². The molecule has 1 heterocycles. The number of carbonyl (C=O) groups is 3. The highest BCUT2D eigenvalue weighted by Gasteiger charge is 2.35. The van der Waals surface area contributed by atoms with E-state index in [0.717, 1.165) is 12.0 Å². The van der Waals surface area contributed by atoms with Gasteiger partial charge in [-0.15, -0.1) is 0 Å². The molecular weight excluding hydrogens is 442 g/mol. The molecule has 0 unspecified atom stereocenters. The number of aryl methyl sites for hydroxylation is 1. The van der Waals surface area contributed by atoms with Gasteiger partial charge in [-0.1, -0.05) is 49.4 Å². The molecule has 0 aromatic heterocycles. The van der Waals surface area contributed by atoms with E-state index < -0.39 is 5.92 Å². The van der Waals surface area contributed by atoms with Gasteiger partial charge >= 0.3 is 0 Å². The Morgan fingerprint density at radius 1 is 0.943 bits per heavy atom. The zero-order valence-corrected chi connectivity index (χ0v) is 19.7. The van der Waals surface area contributed by atoms with Crippen LogP contribution in [0, 0.1) is 5.92 Å². The quantitative estimate of drug-likeness (QED) is 0.495. The second-order valence-electron chi connectivity index (χ2n) is 8.49. The van der Waals surface area contributed by atoms with Crippen molar-refractivity contribution in [3.63, 3.8) is 0 Å². The number of hydrogen-bond donors (Lipinski definition) is 2. The number of ether oxygens (including phenoxy) is 1. The number of nitrogens with zero attached hydrogens (tertiary/aromatic N) is 1. The summed E-state index contributed by atoms with van der Waals surface area (Å²) < 4.78 is 5.55. The van der Waals surface area contributed by atoms with E-state index in [4.69, 9.17) is 4.74 Å². The predicted molar refractivity (Wildman–Crippen MR) is 135 cm³/mol. The second kappa shape index (κ2) is 11.3. The number of benzene rings is 3. The molecule has 0 aliphatic carbocycles. The van der Waals surface area contributed by atoms with E-state index in [1.54, 1.807) is 41.3 Å². The standard InChI is InChI=1S/C28H29N3O4/c1-2-20-8-10-21(11-9-20)17-29-28(34)22-16-27(33)31(18-22)24-12-14-25(15-13-24)35-19-26(32)30-23-6-4-3-5-7-23/h3-15,22H,2,16-19H2,1H3,(H,29,34)(H,30,32)/t22-/m1/s1. The Hall–Kier alpha value is -4.13. The molecule has 0 radical (unpaired) electrons. The van der Waals surface area contributed by atoms with Gasteiger partial charge in [0.2, 0.25) is 11.8 Å². The van der Waals surface area contributed by atoms with Gasteiger partial charge < -0.3 is 20.3 Å². The second-order valence-corrected chi connectivity index (χ2v) is 8.49. The average molecular weight is 472 g/mol. The first-order valence-electron chi connectivity index (χ1n) is 11.8. The molecule has 7 heteroatoms. The van der Waals surface area contributed by atoms with E-state index >= 15 is 0 Å². The average Bonchev–Trinajstić information content (AvgIpc) is 3.29. The third-order valence-electron chi connectivity index (χ3n) is 5.97. The molecule has 1 fully saturated rings. The van der Waals surface area contributed by atoms with Crippen LogP contribution in [0.25, 0.3) is 0 Å². The molecule has 1 aliphatic heterocycles. The van der Waals surface area contributed by atoms with Gasteiger partial charge in [0.05, 0.1) is 5.92 Å². The Kier molecular flexibility index (Phi) is 7.77. The van der Waals surface area contributed by atoms with E-state index in [0.29, 0.717) is 30.2 Å². The summed E-state index contributed by atoms with van der Waals surface area (Å²) in [6.45, 7) is 2.75. The van der Waals surface area contributed by atoms with Gasteiger partial charge in [0.25, 0.3) is 5.91 Å². The predicted octanol–water partition coefficient (Wildman–Crippen LogP) is 3.94. The van der Waals surface area contributed by atoms with Crippen LogP contribution in [0.15, 0.2) is 78.9 Å². The number of rotatable bonds is 9. The van der Waals surface area contributed by atoms with Crippen molar-refractivity contribution in [2.45, 2.75) is 26.3 Å². The number of anilines is 2. The molecule has 0 saturated carbocycles. The van der Waals surface area contributed by atoms with Crippen molar-refractivity contribution in [2.24, 2.45) is 5.92 Å². The SMILES string of the molecule is CCc1ccc(CNC(=O)[C@@H]2CC(=O)N(c3ccc(OCC(=O)Nc4ccccc4)cc3)C2)cc1. The Morgan fingerprint density at radius 3 is 2.31 bits per heavy atom. The molecular formula is C28H29N3O4. The van der Waals surface area contributed by atoms with Crippen molar-refractivity contribution in [1.29, 1.82) is 0 Å². The number of nitrogens with one attached hydrogen (secondary N) is 2. The lowest BCUT2D eigenvalue weighted by molar-refractivity contribution is -0.126. The van der Waals surface area contributed by atoms with E-state index in [2.05, 4.69) is 29.7 Å². The summed E-state index contributed by atoms with van der Waals surface area (Å²) in [5.74, 6) is -0.342. The molecule has 35 heavy (non-hydrogen) atoms. The largest absolute Gasteiger partial charge is 0.484 e. The first-order chi connectivity index (χ1) is 17.0. The van der Waals surface area contributed by atoms with Crippen LogP contribution < -0.4 is 20.3 Å². The normalized spacial score (nSPS) is 15.1. The van der Waals surface area contributed by atoms with Crippen LogP contribution in [0.2, 0.25) is 0 Å². The molecule has 7 nitrogen and oxygen atoms in total. The fourth-order valence-electron chi connectivity index (χ4n) is 3.95. The highest BCUT2D eigenvalue weighted by molar-refractivity contribution is 6.00. The van der Waals surface area contributed by atoms with Crippen LogP contribution in [-0.4, -0.2) is 30.9 Å². The molecule has 4 rings (SSSR count). The molecule has 0 spiro atoms.